The van der Waals surface area contributed by atoms with E-state index in [4.69, 9.17) is 11.5 Å². The monoisotopic (exact) mass is 669 g/mol. The molecule has 0 heterocycles. The molecule has 0 radical (unpaired) electrons. The third-order valence-electron chi connectivity index (χ3n) is 7.84. The third-order valence-corrected chi connectivity index (χ3v) is 7.84. The van der Waals surface area contributed by atoms with Crippen molar-refractivity contribution in [2.45, 2.75) is 84.0 Å². The maximum absolute atomic E-state index is 13.5. The molecular formula is C33H47N7O8. The zero-order valence-corrected chi connectivity index (χ0v) is 27.7. The van der Waals surface area contributed by atoms with E-state index in [-0.39, 0.29) is 38.1 Å². The molecule has 0 fully saturated rings. The van der Waals surface area contributed by atoms with Gasteiger partial charge in [-0.05, 0) is 47.4 Å². The average molecular weight is 670 g/mol. The van der Waals surface area contributed by atoms with Crippen LogP contribution in [0.25, 0.3) is 10.8 Å². The number of nitrogens with one attached hydrogen (secondary N) is 5. The number of carbonyl (C=O) groups excluding carboxylic acids is 6. The highest BCUT2D eigenvalue weighted by molar-refractivity contribution is 6.39. The number of benzene rings is 2. The summed E-state index contributed by atoms with van der Waals surface area (Å²) in [5.74, 6) is -5.23. The van der Waals surface area contributed by atoms with Crippen molar-refractivity contribution >= 4 is 52.3 Å². The average Bonchev–Trinajstić information content (AvgIpc) is 3.02. The highest BCUT2D eigenvalue weighted by Crippen LogP contribution is 2.17. The lowest BCUT2D eigenvalue weighted by Crippen LogP contribution is -2.58. The topological polar surface area (TPSA) is 252 Å². The van der Waals surface area contributed by atoms with E-state index in [2.05, 4.69) is 26.6 Å². The SMILES string of the molecule is CC[C@H](C)C(NC(=O)[C@H](CC(C)C)NC(=O)O)C(=O)C(=O)NC(CCCNC(N)=O)C(=O)NC(Cc1ccc2ccccc2c1)C(N)=O. The largest absolute Gasteiger partial charge is 0.465 e. The van der Waals surface area contributed by atoms with E-state index in [1.807, 2.05) is 36.4 Å². The van der Waals surface area contributed by atoms with Gasteiger partial charge < -0.3 is 43.2 Å². The van der Waals surface area contributed by atoms with Crippen LogP contribution in [0, 0.1) is 11.8 Å². The summed E-state index contributed by atoms with van der Waals surface area (Å²) in [7, 11) is 0. The molecule has 2 aromatic rings. The van der Waals surface area contributed by atoms with Gasteiger partial charge in [0, 0.05) is 13.0 Å². The smallest absolute Gasteiger partial charge is 0.405 e. The normalized spacial score (nSPS) is 14.1. The molecule has 15 heteroatoms. The fourth-order valence-electron chi connectivity index (χ4n) is 5.06. The first-order chi connectivity index (χ1) is 22.6. The molecule has 48 heavy (non-hydrogen) atoms. The highest BCUT2D eigenvalue weighted by Gasteiger charge is 2.35. The molecule has 0 aliphatic rings. The van der Waals surface area contributed by atoms with Crippen molar-refractivity contribution in [3.05, 3.63) is 48.0 Å². The van der Waals surface area contributed by atoms with Crippen LogP contribution in [0.1, 0.15) is 58.9 Å². The van der Waals surface area contributed by atoms with Crippen molar-refractivity contribution < 1.29 is 38.7 Å². The van der Waals surface area contributed by atoms with Crippen molar-refractivity contribution in [3.8, 4) is 0 Å². The molecule has 10 N–H and O–H groups in total. The first kappa shape index (κ1) is 39.0. The summed E-state index contributed by atoms with van der Waals surface area (Å²) in [6.45, 7) is 7.03. The number of ketones is 1. The zero-order chi connectivity index (χ0) is 36.0. The molecule has 0 spiro atoms. The number of fused-ring (bicyclic) bond motifs is 1. The van der Waals surface area contributed by atoms with Gasteiger partial charge in [-0.25, -0.2) is 9.59 Å². The Kier molecular flexibility index (Phi) is 15.3. The minimum absolute atomic E-state index is 0.0542. The van der Waals surface area contributed by atoms with E-state index in [9.17, 15) is 38.7 Å². The van der Waals surface area contributed by atoms with E-state index in [0.717, 1.165) is 16.3 Å². The summed E-state index contributed by atoms with van der Waals surface area (Å²) in [6.07, 6.45) is -0.749. The van der Waals surface area contributed by atoms with Crippen LogP contribution in [-0.4, -0.2) is 77.4 Å². The second kappa shape index (κ2) is 18.8. The van der Waals surface area contributed by atoms with E-state index in [1.165, 1.54) is 0 Å². The van der Waals surface area contributed by atoms with Crippen molar-refractivity contribution in [1.82, 2.24) is 26.6 Å². The number of carbonyl (C=O) groups is 7. The lowest BCUT2D eigenvalue weighted by atomic mass is 9.93. The Balaban J connectivity index is 2.26. The summed E-state index contributed by atoms with van der Waals surface area (Å²) in [6, 6.07) is 7.35. The van der Waals surface area contributed by atoms with Crippen LogP contribution in [-0.2, 0) is 30.4 Å². The van der Waals surface area contributed by atoms with Gasteiger partial charge in [0.1, 0.15) is 18.1 Å². The van der Waals surface area contributed by atoms with Crippen molar-refractivity contribution in [2.24, 2.45) is 23.3 Å². The number of amides is 7. The first-order valence-corrected chi connectivity index (χ1v) is 15.9. The summed E-state index contributed by atoms with van der Waals surface area (Å²) < 4.78 is 0. The minimum atomic E-state index is -1.42. The second-order valence-electron chi connectivity index (χ2n) is 12.2. The molecule has 0 saturated heterocycles. The fourth-order valence-corrected chi connectivity index (χ4v) is 5.06. The quantitative estimate of drug-likeness (QED) is 0.0791. The van der Waals surface area contributed by atoms with Crippen molar-refractivity contribution in [2.75, 3.05) is 6.54 Å². The van der Waals surface area contributed by atoms with Crippen LogP contribution in [0.2, 0.25) is 0 Å². The maximum Gasteiger partial charge on any atom is 0.405 e. The lowest BCUT2D eigenvalue weighted by molar-refractivity contribution is -0.142. The van der Waals surface area contributed by atoms with Crippen LogP contribution in [0.4, 0.5) is 9.59 Å². The van der Waals surface area contributed by atoms with E-state index in [0.29, 0.717) is 6.42 Å². The molecular weight excluding hydrogens is 622 g/mol. The molecule has 5 atom stereocenters. The van der Waals surface area contributed by atoms with Gasteiger partial charge >= 0.3 is 12.1 Å². The number of Topliss-reactive ketones (excluding diaryl/α,β-unsaturated/α-hetero) is 1. The Bertz CT molecular complexity index is 1480. The lowest BCUT2D eigenvalue weighted by Gasteiger charge is -2.27. The van der Waals surface area contributed by atoms with Gasteiger partial charge in [-0.3, -0.25) is 24.0 Å². The zero-order valence-electron chi connectivity index (χ0n) is 27.7. The Labute approximate surface area is 279 Å². The number of primary amides is 2. The molecule has 7 amide bonds. The summed E-state index contributed by atoms with van der Waals surface area (Å²) in [4.78, 5) is 88.2. The van der Waals surface area contributed by atoms with Gasteiger partial charge in [0.05, 0.1) is 6.04 Å². The number of carboxylic acid groups (broad SMARTS) is 1. The Hall–Kier alpha value is -5.21. The molecule has 0 saturated carbocycles. The van der Waals surface area contributed by atoms with E-state index in [1.54, 1.807) is 33.8 Å². The van der Waals surface area contributed by atoms with Gasteiger partial charge in [-0.15, -0.1) is 0 Å². The van der Waals surface area contributed by atoms with Crippen molar-refractivity contribution in [3.63, 3.8) is 0 Å². The van der Waals surface area contributed by atoms with Crippen LogP contribution in [0.15, 0.2) is 42.5 Å². The van der Waals surface area contributed by atoms with E-state index >= 15 is 0 Å². The van der Waals surface area contributed by atoms with Gasteiger partial charge in [0.25, 0.3) is 5.91 Å². The molecule has 0 aliphatic carbocycles. The minimum Gasteiger partial charge on any atom is -0.465 e. The van der Waals surface area contributed by atoms with Crippen molar-refractivity contribution in [1.29, 1.82) is 0 Å². The predicted octanol–water partition coefficient (Wildman–Crippen LogP) is 1.07. The molecule has 3 unspecified atom stereocenters. The second-order valence-corrected chi connectivity index (χ2v) is 12.2. The Morgan fingerprint density at radius 1 is 0.792 bits per heavy atom. The fraction of sp³-hybridized carbons (Fsp3) is 0.485. The Morgan fingerprint density at radius 2 is 1.44 bits per heavy atom. The summed E-state index contributed by atoms with van der Waals surface area (Å²) in [5.41, 5.74) is 11.5. The number of rotatable bonds is 19. The van der Waals surface area contributed by atoms with Crippen LogP contribution >= 0.6 is 0 Å². The predicted molar refractivity (Wildman–Crippen MR) is 178 cm³/mol. The molecule has 15 nitrogen and oxygen atoms in total. The standard InChI is InChI=1S/C33H47N7O8/c1-5-19(4)26(40-30(44)25(15-18(2)3)39-33(47)48)27(41)31(45)37-23(11-8-14-36-32(35)46)29(43)38-24(28(34)42)17-20-12-13-21-9-6-7-10-22(21)16-20/h6-7,9-10,12-13,16,18-19,23-26,39H,5,8,11,14-15,17H2,1-4H3,(H2,34,42)(H,37,45)(H,38,43)(H,40,44)(H,47,48)(H3,35,36,46)/t19-,23?,24?,25-,26?/m0/s1. The number of nitrogens with two attached hydrogens (primary N) is 2. The number of urea groups is 1. The van der Waals surface area contributed by atoms with Crippen LogP contribution < -0.4 is 38.1 Å². The van der Waals surface area contributed by atoms with Crippen LogP contribution in [0.5, 0.6) is 0 Å². The highest BCUT2D eigenvalue weighted by atomic mass is 16.4. The maximum atomic E-state index is 13.5. The summed E-state index contributed by atoms with van der Waals surface area (Å²) >= 11 is 0. The van der Waals surface area contributed by atoms with Gasteiger partial charge in [-0.2, -0.15) is 0 Å². The first-order valence-electron chi connectivity index (χ1n) is 15.9. The number of hydrogen-bond donors (Lipinski definition) is 8. The van der Waals surface area contributed by atoms with E-state index < -0.39 is 71.6 Å². The van der Waals surface area contributed by atoms with Gasteiger partial charge in [0.2, 0.25) is 23.5 Å². The molecule has 262 valence electrons. The third kappa shape index (κ3) is 12.5. The van der Waals surface area contributed by atoms with Gasteiger partial charge in [0.15, 0.2) is 0 Å². The van der Waals surface area contributed by atoms with Gasteiger partial charge in [-0.1, -0.05) is 76.6 Å². The molecule has 2 aromatic carbocycles. The summed E-state index contributed by atoms with van der Waals surface area (Å²) in [5, 5.41) is 23.1. The Morgan fingerprint density at radius 3 is 2.02 bits per heavy atom. The molecule has 2 rings (SSSR count). The molecule has 0 aromatic heterocycles. The molecule has 0 aliphatic heterocycles. The van der Waals surface area contributed by atoms with Crippen LogP contribution in [0.3, 0.4) is 0 Å². The molecule has 0 bridgehead atoms. The number of hydrogen-bond acceptors (Lipinski definition) is 7.